The molecule has 0 saturated heterocycles. The van der Waals surface area contributed by atoms with Gasteiger partial charge in [0.25, 0.3) is 0 Å². The van der Waals surface area contributed by atoms with E-state index in [-0.39, 0.29) is 22.2 Å². The number of carbonyl (C=O) groups excluding carboxylic acids is 2. The highest BCUT2D eigenvalue weighted by Crippen LogP contribution is 2.32. The Morgan fingerprint density at radius 1 is 1.06 bits per heavy atom. The van der Waals surface area contributed by atoms with Gasteiger partial charge >= 0.3 is 12.1 Å². The Morgan fingerprint density at radius 3 is 2.44 bits per heavy atom. The van der Waals surface area contributed by atoms with Gasteiger partial charge in [-0.1, -0.05) is 47.7 Å². The molecule has 1 N–H and O–H groups in total. The van der Waals surface area contributed by atoms with Crippen LogP contribution in [0.3, 0.4) is 0 Å². The number of hydrogen-bond acceptors (Lipinski definition) is 6. The number of nitrogens with zero attached hydrogens (tertiary/aromatic N) is 2. The minimum atomic E-state index is -4.66. The topological polar surface area (TPSA) is 81.2 Å². The molecule has 1 amide bonds. The quantitative estimate of drug-likeness (QED) is 0.317. The standard InChI is InChI=1S/C22H18F3N3O3S/c1-13-6-8-14(9-7-13)17-11-18(22(23,24)25)28-21(27-17)32-12-19(29)26-16-5-3-4-15(10-16)20(30)31-2/h3-11H,12H2,1-2H3,(H,26,29). The molecule has 0 bridgehead atoms. The molecule has 166 valence electrons. The van der Waals surface area contributed by atoms with Crippen LogP contribution < -0.4 is 5.32 Å². The summed E-state index contributed by atoms with van der Waals surface area (Å²) in [5.41, 5.74) is 1.10. The fourth-order valence-corrected chi connectivity index (χ4v) is 3.33. The number of thioether (sulfide) groups is 1. The van der Waals surface area contributed by atoms with Crippen molar-refractivity contribution in [1.29, 1.82) is 0 Å². The normalized spacial score (nSPS) is 11.2. The second-order valence-electron chi connectivity index (χ2n) is 6.69. The highest BCUT2D eigenvalue weighted by molar-refractivity contribution is 7.99. The summed E-state index contributed by atoms with van der Waals surface area (Å²) in [5.74, 6) is -1.27. The molecule has 3 aromatic rings. The van der Waals surface area contributed by atoms with Gasteiger partial charge in [0.15, 0.2) is 5.16 Å². The molecule has 0 spiro atoms. The number of nitrogens with one attached hydrogen (secondary N) is 1. The molecule has 0 aliphatic rings. The van der Waals surface area contributed by atoms with E-state index >= 15 is 0 Å². The van der Waals surface area contributed by atoms with Crippen LogP contribution >= 0.6 is 11.8 Å². The van der Waals surface area contributed by atoms with Gasteiger partial charge in [0.2, 0.25) is 5.91 Å². The second kappa shape index (κ2) is 9.82. The number of carbonyl (C=O) groups is 2. The Balaban J connectivity index is 1.76. The first kappa shape index (κ1) is 23.3. The van der Waals surface area contributed by atoms with Crippen molar-refractivity contribution in [3.63, 3.8) is 0 Å². The molecule has 32 heavy (non-hydrogen) atoms. The summed E-state index contributed by atoms with van der Waals surface area (Å²) in [7, 11) is 1.24. The van der Waals surface area contributed by atoms with Crippen LogP contribution in [0.25, 0.3) is 11.3 Å². The molecular formula is C22H18F3N3O3S. The van der Waals surface area contributed by atoms with Crippen LogP contribution in [0.15, 0.2) is 59.8 Å². The molecule has 0 unspecified atom stereocenters. The van der Waals surface area contributed by atoms with E-state index in [0.29, 0.717) is 11.3 Å². The first-order valence-electron chi connectivity index (χ1n) is 9.30. The summed E-state index contributed by atoms with van der Waals surface area (Å²) in [6, 6.07) is 13.9. The van der Waals surface area contributed by atoms with Crippen LogP contribution in [0.2, 0.25) is 0 Å². The zero-order chi connectivity index (χ0) is 23.3. The zero-order valence-electron chi connectivity index (χ0n) is 17.1. The van der Waals surface area contributed by atoms with E-state index in [9.17, 15) is 22.8 Å². The largest absolute Gasteiger partial charge is 0.465 e. The van der Waals surface area contributed by atoms with Crippen molar-refractivity contribution in [2.75, 3.05) is 18.2 Å². The Morgan fingerprint density at radius 2 is 1.78 bits per heavy atom. The van der Waals surface area contributed by atoms with Gasteiger partial charge < -0.3 is 10.1 Å². The van der Waals surface area contributed by atoms with E-state index in [1.54, 1.807) is 36.4 Å². The number of benzene rings is 2. The van der Waals surface area contributed by atoms with Gasteiger partial charge in [-0.15, -0.1) is 0 Å². The summed E-state index contributed by atoms with van der Waals surface area (Å²) in [4.78, 5) is 31.6. The highest BCUT2D eigenvalue weighted by atomic mass is 32.2. The number of alkyl halides is 3. The van der Waals surface area contributed by atoms with Crippen molar-refractivity contribution in [1.82, 2.24) is 9.97 Å². The van der Waals surface area contributed by atoms with E-state index in [1.165, 1.54) is 19.2 Å². The molecule has 0 aliphatic carbocycles. The van der Waals surface area contributed by atoms with E-state index in [1.807, 2.05) is 6.92 Å². The van der Waals surface area contributed by atoms with E-state index in [2.05, 4.69) is 20.0 Å². The van der Waals surface area contributed by atoms with E-state index < -0.39 is 23.7 Å². The van der Waals surface area contributed by atoms with Crippen molar-refractivity contribution >= 4 is 29.3 Å². The third-order valence-corrected chi connectivity index (χ3v) is 5.09. The third kappa shape index (κ3) is 6.07. The lowest BCUT2D eigenvalue weighted by Crippen LogP contribution is -2.15. The number of aryl methyl sites for hydroxylation is 1. The monoisotopic (exact) mass is 461 g/mol. The minimum Gasteiger partial charge on any atom is -0.465 e. The van der Waals surface area contributed by atoms with Gasteiger partial charge in [-0.3, -0.25) is 4.79 Å². The molecular weight excluding hydrogens is 443 g/mol. The second-order valence-corrected chi connectivity index (χ2v) is 7.64. The Kier molecular flexibility index (Phi) is 7.14. The number of ether oxygens (including phenoxy) is 1. The summed E-state index contributed by atoms with van der Waals surface area (Å²) in [6.45, 7) is 1.87. The number of aromatic nitrogens is 2. The molecule has 0 saturated carbocycles. The maximum Gasteiger partial charge on any atom is 0.433 e. The molecule has 3 rings (SSSR count). The van der Waals surface area contributed by atoms with Gasteiger partial charge in [-0.2, -0.15) is 13.2 Å². The lowest BCUT2D eigenvalue weighted by atomic mass is 10.1. The summed E-state index contributed by atoms with van der Waals surface area (Å²) < 4.78 is 44.6. The van der Waals surface area contributed by atoms with Crippen molar-refractivity contribution in [3.8, 4) is 11.3 Å². The summed E-state index contributed by atoms with van der Waals surface area (Å²) in [6.07, 6.45) is -4.66. The van der Waals surface area contributed by atoms with Gasteiger partial charge in [-0.05, 0) is 31.2 Å². The third-order valence-electron chi connectivity index (χ3n) is 4.24. The Hall–Kier alpha value is -3.40. The number of halogens is 3. The van der Waals surface area contributed by atoms with Crippen LogP contribution in [0, 0.1) is 6.92 Å². The number of esters is 1. The maximum absolute atomic E-state index is 13.3. The predicted molar refractivity (Wildman–Crippen MR) is 114 cm³/mol. The predicted octanol–water partition coefficient (Wildman–Crippen LogP) is 4.99. The number of amides is 1. The Bertz CT molecular complexity index is 1140. The fraction of sp³-hybridized carbons (Fsp3) is 0.182. The molecule has 0 aliphatic heterocycles. The molecule has 1 aromatic heterocycles. The molecule has 0 fully saturated rings. The van der Waals surface area contributed by atoms with Crippen LogP contribution in [0.5, 0.6) is 0 Å². The minimum absolute atomic E-state index is 0.112. The Labute approximate surface area is 186 Å². The van der Waals surface area contributed by atoms with Gasteiger partial charge in [-0.25, -0.2) is 14.8 Å². The first-order chi connectivity index (χ1) is 15.2. The van der Waals surface area contributed by atoms with Crippen molar-refractivity contribution in [2.24, 2.45) is 0 Å². The lowest BCUT2D eigenvalue weighted by molar-refractivity contribution is -0.141. The molecule has 6 nitrogen and oxygen atoms in total. The SMILES string of the molecule is COC(=O)c1cccc(NC(=O)CSc2nc(-c3ccc(C)cc3)cc(C(F)(F)F)n2)c1. The van der Waals surface area contributed by atoms with Crippen LogP contribution in [0.1, 0.15) is 21.6 Å². The number of methoxy groups -OCH3 is 1. The average Bonchev–Trinajstić information content (AvgIpc) is 2.77. The summed E-state index contributed by atoms with van der Waals surface area (Å²) >= 11 is 0.779. The van der Waals surface area contributed by atoms with Crippen molar-refractivity contribution in [2.45, 2.75) is 18.3 Å². The smallest absolute Gasteiger partial charge is 0.433 e. The number of rotatable bonds is 6. The van der Waals surface area contributed by atoms with E-state index in [4.69, 9.17) is 0 Å². The number of anilines is 1. The van der Waals surface area contributed by atoms with Crippen LogP contribution in [-0.4, -0.2) is 34.7 Å². The molecule has 0 atom stereocenters. The van der Waals surface area contributed by atoms with E-state index in [0.717, 1.165) is 23.4 Å². The summed E-state index contributed by atoms with van der Waals surface area (Å²) in [5, 5.41) is 2.41. The lowest BCUT2D eigenvalue weighted by Gasteiger charge is -2.11. The van der Waals surface area contributed by atoms with Gasteiger partial charge in [0.1, 0.15) is 5.69 Å². The zero-order valence-corrected chi connectivity index (χ0v) is 17.9. The van der Waals surface area contributed by atoms with Crippen molar-refractivity contribution in [3.05, 3.63) is 71.4 Å². The van der Waals surface area contributed by atoms with Crippen LogP contribution in [0.4, 0.5) is 18.9 Å². The van der Waals surface area contributed by atoms with Gasteiger partial charge in [0, 0.05) is 11.3 Å². The van der Waals surface area contributed by atoms with Gasteiger partial charge in [0.05, 0.1) is 24.1 Å². The molecule has 10 heteroatoms. The fourth-order valence-electron chi connectivity index (χ4n) is 2.68. The molecule has 0 radical (unpaired) electrons. The molecule has 2 aromatic carbocycles. The highest BCUT2D eigenvalue weighted by Gasteiger charge is 2.34. The number of hydrogen-bond donors (Lipinski definition) is 1. The van der Waals surface area contributed by atoms with Crippen molar-refractivity contribution < 1.29 is 27.5 Å². The average molecular weight is 461 g/mol. The van der Waals surface area contributed by atoms with Crippen LogP contribution in [-0.2, 0) is 15.7 Å². The maximum atomic E-state index is 13.3. The molecule has 1 heterocycles. The first-order valence-corrected chi connectivity index (χ1v) is 10.3.